The molecule has 0 aromatic heterocycles. The van der Waals surface area contributed by atoms with Crippen LogP contribution < -0.4 is 0 Å². The van der Waals surface area contributed by atoms with E-state index in [1.807, 2.05) is 25.1 Å². The Morgan fingerprint density at radius 1 is 1.33 bits per heavy atom. The maximum Gasteiger partial charge on any atom is 0.130 e. The van der Waals surface area contributed by atoms with Gasteiger partial charge in [0.2, 0.25) is 0 Å². The topological polar surface area (TPSA) is 0 Å². The molecule has 0 spiro atoms. The first-order valence-corrected chi connectivity index (χ1v) is 7.85. The Morgan fingerprint density at radius 2 is 2.06 bits per heavy atom. The van der Waals surface area contributed by atoms with Gasteiger partial charge in [0, 0.05) is 10.9 Å². The van der Waals surface area contributed by atoms with E-state index in [9.17, 15) is 4.39 Å². The van der Waals surface area contributed by atoms with Gasteiger partial charge < -0.3 is 0 Å². The number of rotatable bonds is 3. The molecule has 1 aliphatic rings. The fraction of sp³-hybridized carbons (Fsp3) is 0.500. The van der Waals surface area contributed by atoms with E-state index in [2.05, 4.69) is 15.9 Å². The highest BCUT2D eigenvalue weighted by Gasteiger charge is 2.17. The molecule has 18 heavy (non-hydrogen) atoms. The van der Waals surface area contributed by atoms with Crippen LogP contribution in [0.3, 0.4) is 0 Å². The van der Waals surface area contributed by atoms with E-state index in [0.717, 1.165) is 16.5 Å². The molecular formula is C16H20BrF. The van der Waals surface area contributed by atoms with E-state index in [1.54, 1.807) is 6.07 Å². The first kappa shape index (κ1) is 13.8. The fourth-order valence-electron chi connectivity index (χ4n) is 2.71. The Morgan fingerprint density at radius 3 is 2.72 bits per heavy atom. The highest BCUT2D eigenvalue weighted by Crippen LogP contribution is 2.32. The third-order valence-electron chi connectivity index (χ3n) is 3.78. The maximum atomic E-state index is 13.8. The number of hydrogen-bond acceptors (Lipinski definition) is 0. The second-order valence-electron chi connectivity index (χ2n) is 5.21. The largest absolute Gasteiger partial charge is 0.206 e. The Labute approximate surface area is 117 Å². The van der Waals surface area contributed by atoms with Crippen LogP contribution in [0.5, 0.6) is 0 Å². The number of halogens is 2. The Hall–Kier alpha value is -0.630. The van der Waals surface area contributed by atoms with E-state index >= 15 is 0 Å². The van der Waals surface area contributed by atoms with Crippen LogP contribution in [0.1, 0.15) is 43.2 Å². The zero-order valence-electron chi connectivity index (χ0n) is 10.9. The zero-order valence-corrected chi connectivity index (χ0v) is 12.5. The molecule has 0 saturated heterocycles. The van der Waals surface area contributed by atoms with Gasteiger partial charge in [-0.05, 0) is 37.8 Å². The van der Waals surface area contributed by atoms with Gasteiger partial charge in [-0.25, -0.2) is 4.39 Å². The van der Waals surface area contributed by atoms with Crippen molar-refractivity contribution in [3.63, 3.8) is 0 Å². The van der Waals surface area contributed by atoms with Crippen LogP contribution in [-0.4, -0.2) is 5.33 Å². The standard InChI is InChI=1S/C16H20BrF/c1-12-7-8-16(18)14(9-12)10-15(11-17)13-5-3-2-4-6-13/h7-10,13H,2-6,11H2,1H3/b15-10-. The molecule has 1 aliphatic carbocycles. The molecule has 0 unspecified atom stereocenters. The minimum absolute atomic E-state index is 0.116. The molecule has 2 heteroatoms. The van der Waals surface area contributed by atoms with E-state index in [-0.39, 0.29) is 5.82 Å². The third-order valence-corrected chi connectivity index (χ3v) is 4.42. The predicted octanol–water partition coefficient (Wildman–Crippen LogP) is 5.49. The summed E-state index contributed by atoms with van der Waals surface area (Å²) in [6.07, 6.45) is 8.53. The summed E-state index contributed by atoms with van der Waals surface area (Å²) in [6.45, 7) is 2.01. The van der Waals surface area contributed by atoms with Gasteiger partial charge >= 0.3 is 0 Å². The fourth-order valence-corrected chi connectivity index (χ4v) is 3.33. The SMILES string of the molecule is Cc1ccc(F)c(/C=C(/CBr)C2CCCCC2)c1. The molecule has 0 N–H and O–H groups in total. The van der Waals surface area contributed by atoms with E-state index in [0.29, 0.717) is 5.92 Å². The Bertz CT molecular complexity index is 431. The van der Waals surface area contributed by atoms with Gasteiger partial charge in [-0.2, -0.15) is 0 Å². The molecule has 1 aromatic rings. The van der Waals surface area contributed by atoms with E-state index in [4.69, 9.17) is 0 Å². The number of aryl methyl sites for hydroxylation is 1. The Kier molecular flexibility index (Phi) is 4.99. The van der Waals surface area contributed by atoms with Crippen molar-refractivity contribution in [2.75, 3.05) is 5.33 Å². The van der Waals surface area contributed by atoms with Gasteiger partial charge in [-0.3, -0.25) is 0 Å². The van der Waals surface area contributed by atoms with Crippen molar-refractivity contribution in [3.8, 4) is 0 Å². The summed E-state index contributed by atoms with van der Waals surface area (Å²) in [4.78, 5) is 0. The van der Waals surface area contributed by atoms with Crippen LogP contribution >= 0.6 is 15.9 Å². The van der Waals surface area contributed by atoms with Gasteiger partial charge in [0.1, 0.15) is 5.82 Å². The molecule has 0 aliphatic heterocycles. The predicted molar refractivity (Wildman–Crippen MR) is 79.5 cm³/mol. The van der Waals surface area contributed by atoms with Crippen LogP contribution in [0, 0.1) is 18.7 Å². The van der Waals surface area contributed by atoms with Crippen molar-refractivity contribution in [2.45, 2.75) is 39.0 Å². The molecule has 0 bridgehead atoms. The van der Waals surface area contributed by atoms with Gasteiger partial charge in [0.25, 0.3) is 0 Å². The zero-order chi connectivity index (χ0) is 13.0. The lowest BCUT2D eigenvalue weighted by Crippen LogP contribution is -2.10. The molecular weight excluding hydrogens is 291 g/mol. The van der Waals surface area contributed by atoms with Gasteiger partial charge in [0.15, 0.2) is 0 Å². The van der Waals surface area contributed by atoms with Crippen molar-refractivity contribution in [3.05, 3.63) is 40.7 Å². The van der Waals surface area contributed by atoms with Gasteiger partial charge in [-0.15, -0.1) is 0 Å². The van der Waals surface area contributed by atoms with Gasteiger partial charge in [0.05, 0.1) is 0 Å². The molecule has 0 heterocycles. The van der Waals surface area contributed by atoms with Crippen LogP contribution in [0.4, 0.5) is 4.39 Å². The lowest BCUT2D eigenvalue weighted by molar-refractivity contribution is 0.405. The quantitative estimate of drug-likeness (QED) is 0.647. The summed E-state index contributed by atoms with van der Waals surface area (Å²) in [5, 5.41) is 0.852. The summed E-state index contributed by atoms with van der Waals surface area (Å²) < 4.78 is 13.8. The normalized spacial score (nSPS) is 18.1. The van der Waals surface area contributed by atoms with Crippen molar-refractivity contribution < 1.29 is 4.39 Å². The van der Waals surface area contributed by atoms with E-state index in [1.165, 1.54) is 37.7 Å². The first-order valence-electron chi connectivity index (χ1n) is 6.73. The van der Waals surface area contributed by atoms with Crippen LogP contribution in [0.15, 0.2) is 23.8 Å². The van der Waals surface area contributed by atoms with Crippen LogP contribution in [0.2, 0.25) is 0 Å². The minimum atomic E-state index is -0.116. The van der Waals surface area contributed by atoms with Crippen LogP contribution in [0.25, 0.3) is 6.08 Å². The second-order valence-corrected chi connectivity index (χ2v) is 5.77. The number of alkyl halides is 1. The summed E-state index contributed by atoms with van der Waals surface area (Å²) >= 11 is 3.56. The van der Waals surface area contributed by atoms with Crippen molar-refractivity contribution >= 4 is 22.0 Å². The van der Waals surface area contributed by atoms with Crippen molar-refractivity contribution in [1.82, 2.24) is 0 Å². The molecule has 0 nitrogen and oxygen atoms in total. The summed E-state index contributed by atoms with van der Waals surface area (Å²) in [5.41, 5.74) is 3.19. The lowest BCUT2D eigenvalue weighted by Gasteiger charge is -2.23. The molecule has 1 aromatic carbocycles. The molecule has 0 radical (unpaired) electrons. The smallest absolute Gasteiger partial charge is 0.130 e. The molecule has 1 saturated carbocycles. The minimum Gasteiger partial charge on any atom is -0.206 e. The highest BCUT2D eigenvalue weighted by molar-refractivity contribution is 9.09. The number of allylic oxidation sites excluding steroid dienone is 1. The molecule has 1 fully saturated rings. The maximum absolute atomic E-state index is 13.8. The number of hydrogen-bond donors (Lipinski definition) is 0. The molecule has 0 atom stereocenters. The molecule has 2 rings (SSSR count). The van der Waals surface area contributed by atoms with Crippen molar-refractivity contribution in [2.24, 2.45) is 5.92 Å². The molecule has 0 amide bonds. The first-order chi connectivity index (χ1) is 8.70. The monoisotopic (exact) mass is 310 g/mol. The third kappa shape index (κ3) is 3.44. The number of benzene rings is 1. The van der Waals surface area contributed by atoms with Crippen molar-refractivity contribution in [1.29, 1.82) is 0 Å². The average Bonchev–Trinajstić information content (AvgIpc) is 2.41. The summed E-state index contributed by atoms with van der Waals surface area (Å²) in [7, 11) is 0. The average molecular weight is 311 g/mol. The van der Waals surface area contributed by atoms with E-state index < -0.39 is 0 Å². The summed E-state index contributed by atoms with van der Waals surface area (Å²) in [5.74, 6) is 0.521. The van der Waals surface area contributed by atoms with Crippen LogP contribution in [-0.2, 0) is 0 Å². The second kappa shape index (κ2) is 6.51. The Balaban J connectivity index is 2.24. The molecule has 98 valence electrons. The lowest BCUT2D eigenvalue weighted by atomic mass is 9.83. The highest BCUT2D eigenvalue weighted by atomic mass is 79.9. The van der Waals surface area contributed by atoms with Gasteiger partial charge in [-0.1, -0.05) is 58.5 Å². The summed E-state index contributed by atoms with van der Waals surface area (Å²) in [6, 6.07) is 5.32.